The van der Waals surface area contributed by atoms with Crippen molar-refractivity contribution >= 4 is 15.7 Å². The number of hydrogen-bond donors (Lipinski definition) is 3. The van der Waals surface area contributed by atoms with Gasteiger partial charge in [-0.3, -0.25) is 4.72 Å². The zero-order valence-electron chi connectivity index (χ0n) is 11.3. The van der Waals surface area contributed by atoms with Crippen LogP contribution in [0, 0.1) is 0 Å². The van der Waals surface area contributed by atoms with Crippen molar-refractivity contribution in [3.8, 4) is 5.75 Å². The van der Waals surface area contributed by atoms with Crippen molar-refractivity contribution in [2.24, 2.45) is 0 Å². The maximum absolute atomic E-state index is 12.2. The molecule has 3 N–H and O–H groups in total. The number of anilines is 1. The monoisotopic (exact) mass is 295 g/mol. The van der Waals surface area contributed by atoms with E-state index in [0.29, 0.717) is 12.2 Å². The lowest BCUT2D eigenvalue weighted by atomic mass is 10.1. The second-order valence-electron chi connectivity index (χ2n) is 4.36. The van der Waals surface area contributed by atoms with E-state index in [2.05, 4.69) is 14.7 Å². The van der Waals surface area contributed by atoms with Crippen LogP contribution in [0.1, 0.15) is 25.2 Å². The van der Waals surface area contributed by atoms with E-state index in [4.69, 9.17) is 0 Å². The Morgan fingerprint density at radius 2 is 2.05 bits per heavy atom. The molecule has 0 saturated heterocycles. The first-order valence-corrected chi connectivity index (χ1v) is 7.83. The number of nitrogens with zero attached hydrogens (tertiary/aromatic N) is 1. The van der Waals surface area contributed by atoms with Crippen LogP contribution in [0.3, 0.4) is 0 Å². The predicted octanol–water partition coefficient (Wildman–Crippen LogP) is 2.04. The van der Waals surface area contributed by atoms with Crippen molar-refractivity contribution in [3.63, 3.8) is 0 Å². The molecule has 6 nitrogen and oxygen atoms in total. The van der Waals surface area contributed by atoms with Gasteiger partial charge in [0.25, 0.3) is 10.0 Å². The number of aryl methyl sites for hydroxylation is 2. The minimum atomic E-state index is -3.78. The number of rotatable bonds is 5. The van der Waals surface area contributed by atoms with Crippen LogP contribution < -0.4 is 4.72 Å². The van der Waals surface area contributed by atoms with Crippen molar-refractivity contribution in [3.05, 3.63) is 35.8 Å². The van der Waals surface area contributed by atoms with E-state index >= 15 is 0 Å². The summed E-state index contributed by atoms with van der Waals surface area (Å²) in [6.07, 6.45) is 2.63. The summed E-state index contributed by atoms with van der Waals surface area (Å²) in [5.74, 6) is 0.484. The van der Waals surface area contributed by atoms with E-state index < -0.39 is 10.0 Å². The van der Waals surface area contributed by atoms with Gasteiger partial charge in [-0.05, 0) is 24.1 Å². The van der Waals surface area contributed by atoms with Gasteiger partial charge in [0.05, 0.1) is 11.9 Å². The van der Waals surface area contributed by atoms with E-state index in [0.717, 1.165) is 12.0 Å². The molecular formula is C13H17N3O3S. The van der Waals surface area contributed by atoms with Crippen LogP contribution in [0.15, 0.2) is 29.4 Å². The summed E-state index contributed by atoms with van der Waals surface area (Å²) in [5, 5.41) is 9.72. The quantitative estimate of drug-likeness (QED) is 0.736. The standard InChI is InChI=1S/C13H17N3O3S/c1-3-9-5-6-11(17)10(7-9)16-20(18,19)13-8-14-12(4-2)15-13/h5-8,16-17H,3-4H2,1-2H3,(H,14,15). The molecule has 2 aromatic rings. The molecule has 1 aromatic heterocycles. The normalized spacial score (nSPS) is 11.5. The lowest BCUT2D eigenvalue weighted by Gasteiger charge is -2.09. The second kappa shape index (κ2) is 5.54. The fraction of sp³-hybridized carbons (Fsp3) is 0.308. The summed E-state index contributed by atoms with van der Waals surface area (Å²) in [7, 11) is -3.78. The number of phenolic OH excluding ortho intramolecular Hbond substituents is 1. The number of H-pyrrole nitrogens is 1. The van der Waals surface area contributed by atoms with E-state index in [1.165, 1.54) is 12.3 Å². The topological polar surface area (TPSA) is 95.1 Å². The third-order valence-corrected chi connectivity index (χ3v) is 4.22. The van der Waals surface area contributed by atoms with Gasteiger partial charge in [0.2, 0.25) is 0 Å². The Labute approximate surface area is 117 Å². The molecule has 0 amide bonds. The number of hydrogen-bond acceptors (Lipinski definition) is 4. The Kier molecular flexibility index (Phi) is 3.99. The van der Waals surface area contributed by atoms with Crippen LogP contribution in [-0.2, 0) is 22.9 Å². The molecule has 2 rings (SSSR count). The van der Waals surface area contributed by atoms with Crippen LogP contribution in [0.4, 0.5) is 5.69 Å². The molecule has 0 aliphatic carbocycles. The first-order chi connectivity index (χ1) is 9.46. The Balaban J connectivity index is 2.32. The van der Waals surface area contributed by atoms with Crippen molar-refractivity contribution in [1.82, 2.24) is 9.97 Å². The molecule has 0 aliphatic heterocycles. The highest BCUT2D eigenvalue weighted by molar-refractivity contribution is 7.92. The molecule has 1 heterocycles. The number of aromatic nitrogens is 2. The number of aromatic amines is 1. The molecule has 0 fully saturated rings. The number of imidazole rings is 1. The third-order valence-electron chi connectivity index (χ3n) is 2.94. The van der Waals surface area contributed by atoms with Gasteiger partial charge in [0.15, 0.2) is 5.03 Å². The lowest BCUT2D eigenvalue weighted by Crippen LogP contribution is -2.13. The second-order valence-corrected chi connectivity index (χ2v) is 6.01. The predicted molar refractivity (Wildman–Crippen MR) is 76.3 cm³/mol. The van der Waals surface area contributed by atoms with Crippen molar-refractivity contribution < 1.29 is 13.5 Å². The molecule has 0 aliphatic rings. The molecule has 0 bridgehead atoms. The van der Waals surface area contributed by atoms with Gasteiger partial charge in [-0.15, -0.1) is 0 Å². The zero-order chi connectivity index (χ0) is 14.8. The van der Waals surface area contributed by atoms with Crippen molar-refractivity contribution in [2.45, 2.75) is 31.7 Å². The molecule has 7 heteroatoms. The van der Waals surface area contributed by atoms with Crippen molar-refractivity contribution in [2.75, 3.05) is 4.72 Å². The molecule has 20 heavy (non-hydrogen) atoms. The molecule has 108 valence electrons. The smallest absolute Gasteiger partial charge is 0.279 e. The van der Waals surface area contributed by atoms with E-state index in [1.54, 1.807) is 12.1 Å². The summed E-state index contributed by atoms with van der Waals surface area (Å²) < 4.78 is 26.7. The van der Waals surface area contributed by atoms with Crippen LogP contribution >= 0.6 is 0 Å². The largest absolute Gasteiger partial charge is 0.506 e. The van der Waals surface area contributed by atoms with E-state index in [9.17, 15) is 13.5 Å². The third kappa shape index (κ3) is 2.93. The van der Waals surface area contributed by atoms with Crippen LogP contribution in [0.25, 0.3) is 0 Å². The fourth-order valence-electron chi connectivity index (χ4n) is 1.74. The van der Waals surface area contributed by atoms with Gasteiger partial charge in [0.1, 0.15) is 11.6 Å². The van der Waals surface area contributed by atoms with Crippen LogP contribution in [-0.4, -0.2) is 23.5 Å². The molecular weight excluding hydrogens is 278 g/mol. The van der Waals surface area contributed by atoms with Gasteiger partial charge >= 0.3 is 0 Å². The number of phenols is 1. The molecule has 0 unspecified atom stereocenters. The number of benzene rings is 1. The van der Waals surface area contributed by atoms with Crippen molar-refractivity contribution in [1.29, 1.82) is 0 Å². The average molecular weight is 295 g/mol. The maximum Gasteiger partial charge on any atom is 0.279 e. The number of sulfonamides is 1. The molecule has 0 saturated carbocycles. The Morgan fingerprint density at radius 1 is 1.30 bits per heavy atom. The number of nitrogens with one attached hydrogen (secondary N) is 2. The molecule has 0 atom stereocenters. The fourth-order valence-corrected chi connectivity index (χ4v) is 2.75. The van der Waals surface area contributed by atoms with E-state index in [-0.39, 0.29) is 16.5 Å². The first kappa shape index (κ1) is 14.4. The zero-order valence-corrected chi connectivity index (χ0v) is 12.2. The van der Waals surface area contributed by atoms with Gasteiger partial charge in [-0.2, -0.15) is 8.42 Å². The minimum Gasteiger partial charge on any atom is -0.506 e. The van der Waals surface area contributed by atoms with Crippen LogP contribution in [0.2, 0.25) is 0 Å². The Bertz CT molecular complexity index is 707. The SMILES string of the molecule is CCc1ccc(O)c(NS(=O)(=O)c2cnc(CC)[nH]2)c1. The maximum atomic E-state index is 12.2. The Morgan fingerprint density at radius 3 is 2.65 bits per heavy atom. The number of aromatic hydroxyl groups is 1. The van der Waals surface area contributed by atoms with Gasteiger partial charge in [-0.25, -0.2) is 4.98 Å². The summed E-state index contributed by atoms with van der Waals surface area (Å²) in [6, 6.07) is 4.84. The minimum absolute atomic E-state index is 0.0179. The van der Waals surface area contributed by atoms with E-state index in [1.807, 2.05) is 13.8 Å². The highest BCUT2D eigenvalue weighted by Gasteiger charge is 2.18. The van der Waals surface area contributed by atoms with Gasteiger partial charge < -0.3 is 10.1 Å². The molecule has 0 spiro atoms. The average Bonchev–Trinajstić information content (AvgIpc) is 2.91. The molecule has 0 radical (unpaired) electrons. The lowest BCUT2D eigenvalue weighted by molar-refractivity contribution is 0.477. The summed E-state index contributed by atoms with van der Waals surface area (Å²) in [5.41, 5.74) is 1.09. The molecule has 1 aromatic carbocycles. The summed E-state index contributed by atoms with van der Waals surface area (Å²) >= 11 is 0. The summed E-state index contributed by atoms with van der Waals surface area (Å²) in [6.45, 7) is 3.83. The first-order valence-electron chi connectivity index (χ1n) is 6.35. The highest BCUT2D eigenvalue weighted by Crippen LogP contribution is 2.26. The van der Waals surface area contributed by atoms with Crippen LogP contribution in [0.5, 0.6) is 5.75 Å². The highest BCUT2D eigenvalue weighted by atomic mass is 32.2. The summed E-state index contributed by atoms with van der Waals surface area (Å²) in [4.78, 5) is 6.69. The Hall–Kier alpha value is -2.02. The van der Waals surface area contributed by atoms with Gasteiger partial charge in [0, 0.05) is 6.42 Å². The van der Waals surface area contributed by atoms with Gasteiger partial charge in [-0.1, -0.05) is 19.9 Å².